The van der Waals surface area contributed by atoms with Crippen LogP contribution in [0.4, 0.5) is 0 Å². The van der Waals surface area contributed by atoms with E-state index in [1.54, 1.807) is 0 Å². The highest BCUT2D eigenvalue weighted by atomic mass is 32.2. The molecule has 1 saturated heterocycles. The van der Waals surface area contributed by atoms with E-state index in [0.29, 0.717) is 6.42 Å². The fourth-order valence-corrected chi connectivity index (χ4v) is 2.42. The molecular formula is C7H7NO4S. The first-order valence-corrected chi connectivity index (χ1v) is 4.63. The van der Waals surface area contributed by atoms with Crippen LogP contribution in [0, 0.1) is 0 Å². The minimum absolute atomic E-state index is 0.0781. The summed E-state index contributed by atoms with van der Waals surface area (Å²) in [6.45, 7) is 0. The van der Waals surface area contributed by atoms with E-state index in [2.05, 4.69) is 0 Å². The molecule has 6 heteroatoms. The van der Waals surface area contributed by atoms with Gasteiger partial charge in [0, 0.05) is 6.20 Å². The molecule has 0 aromatic carbocycles. The summed E-state index contributed by atoms with van der Waals surface area (Å²) in [7, 11) is 0. The Morgan fingerprint density at radius 3 is 2.92 bits per heavy atom. The smallest absolute Gasteiger partial charge is 0.336 e. The van der Waals surface area contributed by atoms with Crippen LogP contribution >= 0.6 is 11.8 Å². The minimum Gasteiger partial charge on any atom is -0.478 e. The van der Waals surface area contributed by atoms with Gasteiger partial charge >= 0.3 is 5.97 Å². The Hall–Kier alpha value is -1.01. The molecule has 13 heavy (non-hydrogen) atoms. The van der Waals surface area contributed by atoms with Crippen molar-refractivity contribution in [1.82, 2.24) is 4.90 Å². The van der Waals surface area contributed by atoms with Crippen LogP contribution in [0.15, 0.2) is 11.8 Å². The number of rotatable bonds is 1. The van der Waals surface area contributed by atoms with Crippen LogP contribution in [0.5, 0.6) is 0 Å². The number of aliphatic carboxylic acids is 1. The maximum absolute atomic E-state index is 10.9. The second-order valence-corrected chi connectivity index (χ2v) is 4.10. The highest BCUT2D eigenvalue weighted by molar-refractivity contribution is 8.00. The Morgan fingerprint density at radius 2 is 2.38 bits per heavy atom. The molecule has 0 radical (unpaired) electrons. The summed E-state index contributed by atoms with van der Waals surface area (Å²) in [6, 6.07) is 0. The Balaban J connectivity index is 2.26. The number of fused-ring (bicyclic) bond motifs is 1. The second kappa shape index (κ2) is 2.74. The van der Waals surface area contributed by atoms with Gasteiger partial charge in [-0.1, -0.05) is 11.8 Å². The lowest BCUT2D eigenvalue weighted by Gasteiger charge is -2.41. The molecule has 5 nitrogen and oxygen atoms in total. The summed E-state index contributed by atoms with van der Waals surface area (Å²) >= 11 is 1.09. The number of aliphatic hydroxyl groups excluding tert-OH is 1. The maximum atomic E-state index is 10.9. The lowest BCUT2D eigenvalue weighted by Crippen LogP contribution is -2.51. The average molecular weight is 201 g/mol. The molecule has 2 aliphatic heterocycles. The normalized spacial score (nSPS) is 31.9. The third-order valence-corrected chi connectivity index (χ3v) is 3.24. The number of amides is 1. The largest absolute Gasteiger partial charge is 0.478 e. The van der Waals surface area contributed by atoms with E-state index in [4.69, 9.17) is 5.11 Å². The molecular weight excluding hydrogens is 194 g/mol. The fourth-order valence-electron chi connectivity index (χ4n) is 1.27. The van der Waals surface area contributed by atoms with Gasteiger partial charge in [0.2, 0.25) is 5.91 Å². The van der Waals surface area contributed by atoms with E-state index < -0.39 is 11.4 Å². The Bertz CT molecular complexity index is 314. The first kappa shape index (κ1) is 8.58. The van der Waals surface area contributed by atoms with Gasteiger partial charge < -0.3 is 15.1 Å². The Labute approximate surface area is 78.0 Å². The number of thioether (sulfide) groups is 1. The number of hydrogen-bond acceptors (Lipinski definition) is 4. The van der Waals surface area contributed by atoms with Crippen LogP contribution < -0.4 is 0 Å². The van der Waals surface area contributed by atoms with Gasteiger partial charge in [-0.05, 0) is 0 Å². The summed E-state index contributed by atoms with van der Waals surface area (Å²) in [6.07, 6.45) is 1.60. The van der Waals surface area contributed by atoms with Crippen LogP contribution in [0.3, 0.4) is 0 Å². The minimum atomic E-state index is -1.18. The van der Waals surface area contributed by atoms with E-state index in [9.17, 15) is 14.7 Å². The Morgan fingerprint density at radius 1 is 1.69 bits per heavy atom. The standard InChI is InChI=1S/C7H7NO4S/c9-4-1-5-8(4)2-3(6(10)11)7(12)13-5/h2,5,7,12H,1H2,(H,10,11)/t5-,7?/m1/s1. The number of carboxylic acid groups (broad SMARTS) is 1. The van der Waals surface area contributed by atoms with Crippen molar-refractivity contribution in [2.75, 3.05) is 0 Å². The monoisotopic (exact) mass is 201 g/mol. The highest BCUT2D eigenvalue weighted by Gasteiger charge is 2.42. The molecule has 0 aliphatic carbocycles. The van der Waals surface area contributed by atoms with Gasteiger partial charge in [0.1, 0.15) is 5.44 Å². The molecule has 2 atom stereocenters. The molecule has 2 aliphatic rings. The maximum Gasteiger partial charge on any atom is 0.336 e. The van der Waals surface area contributed by atoms with E-state index in [0.717, 1.165) is 11.8 Å². The van der Waals surface area contributed by atoms with E-state index >= 15 is 0 Å². The summed E-state index contributed by atoms with van der Waals surface area (Å²) in [5.41, 5.74) is -1.15. The van der Waals surface area contributed by atoms with Crippen molar-refractivity contribution in [1.29, 1.82) is 0 Å². The molecule has 2 N–H and O–H groups in total. The zero-order valence-corrected chi connectivity index (χ0v) is 7.32. The topological polar surface area (TPSA) is 77.8 Å². The number of carbonyl (C=O) groups excluding carboxylic acids is 1. The van der Waals surface area contributed by atoms with Gasteiger partial charge in [-0.15, -0.1) is 0 Å². The van der Waals surface area contributed by atoms with Crippen molar-refractivity contribution in [3.05, 3.63) is 11.8 Å². The van der Waals surface area contributed by atoms with Gasteiger partial charge in [-0.3, -0.25) is 4.79 Å². The Kier molecular flexibility index (Phi) is 1.81. The molecule has 0 spiro atoms. The number of carbonyl (C=O) groups is 2. The van der Waals surface area contributed by atoms with Gasteiger partial charge in [0.25, 0.3) is 0 Å². The third-order valence-electron chi connectivity index (χ3n) is 2.02. The van der Waals surface area contributed by atoms with Crippen molar-refractivity contribution < 1.29 is 19.8 Å². The summed E-state index contributed by atoms with van der Waals surface area (Å²) in [5.74, 6) is -1.28. The van der Waals surface area contributed by atoms with Gasteiger partial charge in [0.15, 0.2) is 0 Å². The predicted molar refractivity (Wildman–Crippen MR) is 44.6 cm³/mol. The second-order valence-electron chi connectivity index (χ2n) is 2.84. The van der Waals surface area contributed by atoms with Crippen molar-refractivity contribution >= 4 is 23.6 Å². The molecule has 2 rings (SSSR count). The lowest BCUT2D eigenvalue weighted by atomic mass is 10.2. The van der Waals surface area contributed by atoms with Crippen LogP contribution in [-0.2, 0) is 9.59 Å². The summed E-state index contributed by atoms with van der Waals surface area (Å²) in [4.78, 5) is 22.8. The number of nitrogens with zero attached hydrogens (tertiary/aromatic N) is 1. The molecule has 1 unspecified atom stereocenters. The molecule has 0 aromatic heterocycles. The molecule has 2 heterocycles. The van der Waals surface area contributed by atoms with Crippen molar-refractivity contribution in [3.63, 3.8) is 0 Å². The average Bonchev–Trinajstić information content (AvgIpc) is 2.02. The molecule has 70 valence electrons. The fraction of sp³-hybridized carbons (Fsp3) is 0.429. The van der Waals surface area contributed by atoms with Crippen LogP contribution in [0.25, 0.3) is 0 Å². The zero-order chi connectivity index (χ0) is 9.59. The van der Waals surface area contributed by atoms with Crippen LogP contribution in [0.2, 0.25) is 0 Å². The molecule has 1 amide bonds. The van der Waals surface area contributed by atoms with Crippen molar-refractivity contribution in [3.8, 4) is 0 Å². The van der Waals surface area contributed by atoms with E-state index in [-0.39, 0.29) is 16.9 Å². The van der Waals surface area contributed by atoms with Crippen LogP contribution in [0.1, 0.15) is 6.42 Å². The zero-order valence-electron chi connectivity index (χ0n) is 6.51. The van der Waals surface area contributed by atoms with Crippen molar-refractivity contribution in [2.24, 2.45) is 0 Å². The highest BCUT2D eigenvalue weighted by Crippen LogP contribution is 2.38. The molecule has 1 fully saturated rings. The number of hydrogen-bond donors (Lipinski definition) is 2. The number of carboxylic acids is 1. The van der Waals surface area contributed by atoms with Crippen LogP contribution in [-0.4, -0.2) is 37.8 Å². The summed E-state index contributed by atoms with van der Waals surface area (Å²) in [5, 5.41) is 17.9. The molecule has 0 bridgehead atoms. The first-order valence-electron chi connectivity index (χ1n) is 3.69. The van der Waals surface area contributed by atoms with E-state index in [1.807, 2.05) is 0 Å². The predicted octanol–water partition coefficient (Wildman–Crippen LogP) is -0.421. The summed E-state index contributed by atoms with van der Waals surface area (Å²) < 4.78 is 0. The third kappa shape index (κ3) is 1.22. The number of aliphatic hydroxyl groups is 1. The first-order chi connectivity index (χ1) is 6.09. The van der Waals surface area contributed by atoms with Gasteiger partial charge in [-0.25, -0.2) is 4.79 Å². The van der Waals surface area contributed by atoms with Gasteiger partial charge in [0.05, 0.1) is 17.4 Å². The molecule has 0 saturated carbocycles. The lowest BCUT2D eigenvalue weighted by molar-refractivity contribution is -0.138. The molecule has 0 aromatic rings. The van der Waals surface area contributed by atoms with Gasteiger partial charge in [-0.2, -0.15) is 0 Å². The number of β-lactam (4-membered cyclic amide) rings is 1. The van der Waals surface area contributed by atoms with Crippen molar-refractivity contribution in [2.45, 2.75) is 17.2 Å². The SMILES string of the molecule is O=C(O)C1=CN2C(=O)C[C@H]2SC1O. The quantitative estimate of drug-likeness (QED) is 0.563. The van der Waals surface area contributed by atoms with E-state index in [1.165, 1.54) is 11.1 Å².